The van der Waals surface area contributed by atoms with Crippen LogP contribution in [-0.4, -0.2) is 40.8 Å². The fourth-order valence-electron chi connectivity index (χ4n) is 3.67. The molecule has 0 aliphatic heterocycles. The topological polar surface area (TPSA) is 80.6 Å². The van der Waals surface area contributed by atoms with Gasteiger partial charge in [0.2, 0.25) is 0 Å². The Kier molecular flexibility index (Phi) is 5.70. The van der Waals surface area contributed by atoms with Crippen LogP contribution in [0, 0.1) is 13.8 Å². The molecule has 6 nitrogen and oxygen atoms in total. The van der Waals surface area contributed by atoms with Crippen molar-refractivity contribution in [1.29, 1.82) is 0 Å². The third kappa shape index (κ3) is 3.64. The zero-order chi connectivity index (χ0) is 17.9. The third-order valence-corrected chi connectivity index (χ3v) is 4.96. The Hall–Kier alpha value is -1.82. The van der Waals surface area contributed by atoms with E-state index in [9.17, 15) is 14.7 Å². The smallest absolute Gasteiger partial charge is 0.331 e. The van der Waals surface area contributed by atoms with Gasteiger partial charge in [-0.25, -0.2) is 4.79 Å². The molecule has 1 unspecified atom stereocenters. The molecule has 1 aliphatic rings. The van der Waals surface area contributed by atoms with E-state index in [1.165, 1.54) is 33.3 Å². The molecule has 0 spiro atoms. The van der Waals surface area contributed by atoms with Crippen molar-refractivity contribution in [2.24, 2.45) is 0 Å². The van der Waals surface area contributed by atoms with Gasteiger partial charge in [-0.05, 0) is 39.7 Å². The number of amides is 1. The molecule has 1 fully saturated rings. The van der Waals surface area contributed by atoms with Crippen molar-refractivity contribution in [2.75, 3.05) is 13.7 Å². The monoisotopic (exact) mass is 336 g/mol. The van der Waals surface area contributed by atoms with Gasteiger partial charge in [-0.1, -0.05) is 19.3 Å². The van der Waals surface area contributed by atoms with E-state index in [0.717, 1.165) is 24.2 Å². The van der Waals surface area contributed by atoms with E-state index in [-0.39, 0.29) is 12.5 Å². The number of hydrogen-bond acceptors (Lipinski definition) is 3. The zero-order valence-electron chi connectivity index (χ0n) is 15.0. The summed E-state index contributed by atoms with van der Waals surface area (Å²) in [6, 6.07) is 2.29. The average Bonchev–Trinajstić information content (AvgIpc) is 2.83. The molecule has 6 heteroatoms. The number of aliphatic carboxylic acids is 1. The van der Waals surface area contributed by atoms with Crippen molar-refractivity contribution in [3.05, 3.63) is 23.0 Å². The molecule has 2 N–H and O–H groups in total. The molecule has 0 saturated heterocycles. The summed E-state index contributed by atoms with van der Waals surface area (Å²) in [7, 11) is 1.42. The molecule has 1 aromatic heterocycles. The summed E-state index contributed by atoms with van der Waals surface area (Å²) >= 11 is 0. The first-order valence-electron chi connectivity index (χ1n) is 8.53. The first-order valence-corrected chi connectivity index (χ1v) is 8.53. The van der Waals surface area contributed by atoms with E-state index in [0.29, 0.717) is 11.6 Å². The molecular formula is C18H28N2O4. The number of hydrogen-bond donors (Lipinski definition) is 2. The Morgan fingerprint density at radius 1 is 1.33 bits per heavy atom. The van der Waals surface area contributed by atoms with Crippen molar-refractivity contribution in [1.82, 2.24) is 9.88 Å². The summed E-state index contributed by atoms with van der Waals surface area (Å²) in [5.41, 5.74) is 1.05. The van der Waals surface area contributed by atoms with Crippen LogP contribution in [0.15, 0.2) is 6.07 Å². The number of carboxylic acids is 1. The number of rotatable bonds is 6. The van der Waals surface area contributed by atoms with E-state index in [1.807, 2.05) is 19.9 Å². The van der Waals surface area contributed by atoms with E-state index in [2.05, 4.69) is 9.88 Å². The lowest BCUT2D eigenvalue weighted by atomic mass is 9.95. The van der Waals surface area contributed by atoms with Crippen LogP contribution < -0.4 is 5.32 Å². The number of carboxylic acid groups (broad SMARTS) is 1. The molecule has 1 heterocycles. The minimum absolute atomic E-state index is 0.0879. The molecule has 1 aliphatic carbocycles. The lowest BCUT2D eigenvalue weighted by Gasteiger charge is -2.27. The van der Waals surface area contributed by atoms with Gasteiger partial charge in [0, 0.05) is 24.5 Å². The third-order valence-electron chi connectivity index (χ3n) is 4.96. The van der Waals surface area contributed by atoms with E-state index >= 15 is 0 Å². The summed E-state index contributed by atoms with van der Waals surface area (Å²) in [5, 5.41) is 12.0. The van der Waals surface area contributed by atoms with Crippen LogP contribution in [0.2, 0.25) is 0 Å². The van der Waals surface area contributed by atoms with Crippen LogP contribution >= 0.6 is 0 Å². The maximum atomic E-state index is 12.7. The van der Waals surface area contributed by atoms with Gasteiger partial charge in [0.25, 0.3) is 5.91 Å². The van der Waals surface area contributed by atoms with Gasteiger partial charge in [0.15, 0.2) is 5.54 Å². The lowest BCUT2D eigenvalue weighted by molar-refractivity contribution is -0.145. The molecule has 24 heavy (non-hydrogen) atoms. The highest BCUT2D eigenvalue weighted by Crippen LogP contribution is 2.32. The number of ether oxygens (including phenoxy) is 1. The van der Waals surface area contributed by atoms with Crippen LogP contribution in [0.3, 0.4) is 0 Å². The Morgan fingerprint density at radius 3 is 2.50 bits per heavy atom. The number of carbonyl (C=O) groups excluding carboxylic acids is 1. The number of aromatic nitrogens is 1. The highest BCUT2D eigenvalue weighted by Gasteiger charge is 2.36. The van der Waals surface area contributed by atoms with Crippen molar-refractivity contribution in [3.8, 4) is 0 Å². The normalized spacial score (nSPS) is 18.2. The van der Waals surface area contributed by atoms with Gasteiger partial charge in [-0.15, -0.1) is 0 Å². The van der Waals surface area contributed by atoms with Crippen molar-refractivity contribution in [3.63, 3.8) is 0 Å². The molecule has 0 radical (unpaired) electrons. The summed E-state index contributed by atoms with van der Waals surface area (Å²) in [6.07, 6.45) is 5.97. The Labute approximate surface area is 143 Å². The highest BCUT2D eigenvalue weighted by atomic mass is 16.5. The molecule has 1 aromatic rings. The standard InChI is InChI=1S/C18H28N2O4/c1-12-10-15(13(2)20(12)14-8-6-5-7-9-14)16(21)19-18(3,11-24-4)17(22)23/h10,14H,5-9,11H2,1-4H3,(H,19,21)(H,22,23). The molecule has 1 saturated carbocycles. The summed E-state index contributed by atoms with van der Waals surface area (Å²) in [4.78, 5) is 24.1. The predicted molar refractivity (Wildman–Crippen MR) is 91.4 cm³/mol. The Morgan fingerprint density at radius 2 is 1.96 bits per heavy atom. The first kappa shape index (κ1) is 18.5. The summed E-state index contributed by atoms with van der Waals surface area (Å²) < 4.78 is 7.20. The minimum atomic E-state index is -1.45. The van der Waals surface area contributed by atoms with Gasteiger partial charge < -0.3 is 19.7 Å². The van der Waals surface area contributed by atoms with Crippen molar-refractivity contribution in [2.45, 2.75) is 64.5 Å². The summed E-state index contributed by atoms with van der Waals surface area (Å²) in [5.74, 6) is -1.48. The second-order valence-corrected chi connectivity index (χ2v) is 6.97. The van der Waals surface area contributed by atoms with Gasteiger partial charge in [0.05, 0.1) is 12.2 Å². The zero-order valence-corrected chi connectivity index (χ0v) is 15.0. The van der Waals surface area contributed by atoms with Crippen molar-refractivity contribution < 1.29 is 19.4 Å². The molecule has 0 bridgehead atoms. The summed E-state index contributed by atoms with van der Waals surface area (Å²) in [6.45, 7) is 5.31. The molecule has 134 valence electrons. The number of aryl methyl sites for hydroxylation is 1. The predicted octanol–water partition coefficient (Wildman–Crippen LogP) is 2.83. The van der Waals surface area contributed by atoms with Gasteiger partial charge in [-0.3, -0.25) is 4.79 Å². The number of methoxy groups -OCH3 is 1. The Balaban J connectivity index is 2.25. The van der Waals surface area contributed by atoms with E-state index in [4.69, 9.17) is 4.74 Å². The van der Waals surface area contributed by atoms with E-state index < -0.39 is 11.5 Å². The first-order chi connectivity index (χ1) is 11.3. The molecule has 2 rings (SSSR count). The fraction of sp³-hybridized carbons (Fsp3) is 0.667. The maximum Gasteiger partial charge on any atom is 0.331 e. The second kappa shape index (κ2) is 7.38. The minimum Gasteiger partial charge on any atom is -0.479 e. The molecule has 1 amide bonds. The van der Waals surface area contributed by atoms with Crippen LogP contribution in [0.1, 0.15) is 66.8 Å². The maximum absolute atomic E-state index is 12.7. The van der Waals surface area contributed by atoms with Crippen molar-refractivity contribution >= 4 is 11.9 Å². The quantitative estimate of drug-likeness (QED) is 0.837. The molecule has 1 atom stereocenters. The van der Waals surface area contributed by atoms with Crippen LogP contribution in [0.5, 0.6) is 0 Å². The largest absolute Gasteiger partial charge is 0.479 e. The van der Waals surface area contributed by atoms with Crippen LogP contribution in [0.25, 0.3) is 0 Å². The number of carbonyl (C=O) groups is 2. The van der Waals surface area contributed by atoms with Gasteiger partial charge in [-0.2, -0.15) is 0 Å². The highest BCUT2D eigenvalue weighted by molar-refractivity contribution is 5.99. The van der Waals surface area contributed by atoms with E-state index in [1.54, 1.807) is 0 Å². The van der Waals surface area contributed by atoms with Gasteiger partial charge >= 0.3 is 5.97 Å². The van der Waals surface area contributed by atoms with Crippen LogP contribution in [0.4, 0.5) is 0 Å². The van der Waals surface area contributed by atoms with Gasteiger partial charge in [0.1, 0.15) is 0 Å². The Bertz CT molecular complexity index is 617. The lowest BCUT2D eigenvalue weighted by Crippen LogP contribution is -2.55. The second-order valence-electron chi connectivity index (χ2n) is 6.97. The van der Waals surface area contributed by atoms with Crippen LogP contribution in [-0.2, 0) is 9.53 Å². The molecular weight excluding hydrogens is 308 g/mol. The molecule has 0 aromatic carbocycles. The SMILES string of the molecule is COCC(C)(NC(=O)c1cc(C)n(C2CCCCC2)c1C)C(=O)O. The fourth-order valence-corrected chi connectivity index (χ4v) is 3.67. The number of nitrogens with one attached hydrogen (secondary N) is 1. The number of nitrogens with zero attached hydrogens (tertiary/aromatic N) is 1. The average molecular weight is 336 g/mol.